The van der Waals surface area contributed by atoms with Gasteiger partial charge in [-0.25, -0.2) is 0 Å². The Hall–Kier alpha value is -2.82. The fourth-order valence-corrected chi connectivity index (χ4v) is 4.32. The Balaban J connectivity index is 1.33. The summed E-state index contributed by atoms with van der Waals surface area (Å²) >= 11 is 0. The highest BCUT2D eigenvalue weighted by atomic mass is 16.5. The van der Waals surface area contributed by atoms with E-state index in [0.717, 1.165) is 50.4 Å². The van der Waals surface area contributed by atoms with Crippen molar-refractivity contribution < 1.29 is 14.3 Å². The molecule has 0 saturated carbocycles. The van der Waals surface area contributed by atoms with Crippen LogP contribution in [0.25, 0.3) is 0 Å². The zero-order valence-corrected chi connectivity index (χ0v) is 17.6. The SMILES string of the molecule is CC1CCN(C(=O)C2CCN(C(=O)c3cccc(Oc4ccccc4)c3)CC2)CC1. The summed E-state index contributed by atoms with van der Waals surface area (Å²) in [5.74, 6) is 2.45. The number of carbonyl (C=O) groups excluding carboxylic acids is 2. The van der Waals surface area contributed by atoms with Crippen molar-refractivity contribution in [1.82, 2.24) is 9.80 Å². The Morgan fingerprint density at radius 2 is 1.43 bits per heavy atom. The van der Waals surface area contributed by atoms with Gasteiger partial charge in [0.25, 0.3) is 5.91 Å². The Bertz CT molecular complexity index is 867. The minimum Gasteiger partial charge on any atom is -0.457 e. The monoisotopic (exact) mass is 406 g/mol. The number of para-hydroxylation sites is 1. The maximum Gasteiger partial charge on any atom is 0.253 e. The third-order valence-corrected chi connectivity index (χ3v) is 6.29. The van der Waals surface area contributed by atoms with Crippen LogP contribution in [0.3, 0.4) is 0 Å². The average Bonchev–Trinajstić information content (AvgIpc) is 2.80. The molecule has 2 saturated heterocycles. The number of piperidine rings is 2. The van der Waals surface area contributed by atoms with E-state index in [1.807, 2.05) is 58.3 Å². The molecular formula is C25H30N2O3. The third kappa shape index (κ3) is 4.84. The lowest BCUT2D eigenvalue weighted by atomic mass is 9.92. The molecule has 0 unspecified atom stereocenters. The van der Waals surface area contributed by atoms with Crippen molar-refractivity contribution in [3.8, 4) is 11.5 Å². The predicted octanol–water partition coefficient (Wildman–Crippen LogP) is 4.59. The summed E-state index contributed by atoms with van der Waals surface area (Å²) in [5, 5.41) is 0. The lowest BCUT2D eigenvalue weighted by Crippen LogP contribution is -2.46. The van der Waals surface area contributed by atoms with E-state index in [1.54, 1.807) is 6.07 Å². The van der Waals surface area contributed by atoms with Gasteiger partial charge in [0, 0.05) is 37.7 Å². The molecular weight excluding hydrogens is 376 g/mol. The minimum atomic E-state index is 0.00575. The molecule has 0 bridgehead atoms. The van der Waals surface area contributed by atoms with Gasteiger partial charge < -0.3 is 14.5 Å². The Morgan fingerprint density at radius 3 is 2.13 bits per heavy atom. The molecule has 2 aliphatic rings. The van der Waals surface area contributed by atoms with Crippen LogP contribution in [0.2, 0.25) is 0 Å². The van der Waals surface area contributed by atoms with Gasteiger partial charge in [0.15, 0.2) is 0 Å². The van der Waals surface area contributed by atoms with Gasteiger partial charge in [-0.2, -0.15) is 0 Å². The van der Waals surface area contributed by atoms with E-state index in [9.17, 15) is 9.59 Å². The summed E-state index contributed by atoms with van der Waals surface area (Å²) in [5.41, 5.74) is 0.623. The van der Waals surface area contributed by atoms with Gasteiger partial charge in [0.05, 0.1) is 0 Å². The van der Waals surface area contributed by atoms with Gasteiger partial charge in [-0.05, 0) is 61.9 Å². The van der Waals surface area contributed by atoms with E-state index in [0.29, 0.717) is 24.4 Å². The average molecular weight is 407 g/mol. The molecule has 30 heavy (non-hydrogen) atoms. The molecule has 2 aromatic carbocycles. The number of carbonyl (C=O) groups is 2. The molecule has 0 atom stereocenters. The molecule has 2 amide bonds. The van der Waals surface area contributed by atoms with Crippen LogP contribution >= 0.6 is 0 Å². The van der Waals surface area contributed by atoms with E-state index in [4.69, 9.17) is 4.74 Å². The van der Waals surface area contributed by atoms with Gasteiger partial charge in [-0.1, -0.05) is 31.2 Å². The molecule has 2 aliphatic heterocycles. The second-order valence-corrected chi connectivity index (χ2v) is 8.52. The van der Waals surface area contributed by atoms with E-state index in [2.05, 4.69) is 6.92 Å². The second-order valence-electron chi connectivity index (χ2n) is 8.52. The molecule has 0 N–H and O–H groups in total. The van der Waals surface area contributed by atoms with Crippen molar-refractivity contribution in [2.75, 3.05) is 26.2 Å². The zero-order valence-electron chi connectivity index (χ0n) is 17.6. The number of ether oxygens (including phenoxy) is 1. The summed E-state index contributed by atoms with van der Waals surface area (Å²) < 4.78 is 5.86. The molecule has 4 rings (SSSR count). The summed E-state index contributed by atoms with van der Waals surface area (Å²) in [7, 11) is 0. The number of nitrogens with zero attached hydrogens (tertiary/aromatic N) is 2. The molecule has 0 aliphatic carbocycles. The van der Waals surface area contributed by atoms with E-state index in [-0.39, 0.29) is 17.7 Å². The van der Waals surface area contributed by atoms with Crippen LogP contribution in [0.4, 0.5) is 0 Å². The maximum absolute atomic E-state index is 13.0. The molecule has 0 aromatic heterocycles. The first kappa shape index (κ1) is 20.5. The third-order valence-electron chi connectivity index (χ3n) is 6.29. The normalized spacial score (nSPS) is 18.3. The van der Waals surface area contributed by atoms with Crippen LogP contribution in [0, 0.1) is 11.8 Å². The number of likely N-dealkylation sites (tertiary alicyclic amines) is 2. The highest BCUT2D eigenvalue weighted by Gasteiger charge is 2.31. The van der Waals surface area contributed by atoms with Crippen molar-refractivity contribution >= 4 is 11.8 Å². The first-order valence-corrected chi connectivity index (χ1v) is 11.0. The van der Waals surface area contributed by atoms with Crippen molar-refractivity contribution in [1.29, 1.82) is 0 Å². The molecule has 5 nitrogen and oxygen atoms in total. The number of rotatable bonds is 4. The quantitative estimate of drug-likeness (QED) is 0.746. The van der Waals surface area contributed by atoms with Crippen LogP contribution in [0.1, 0.15) is 43.0 Å². The fraction of sp³-hybridized carbons (Fsp3) is 0.440. The van der Waals surface area contributed by atoms with Gasteiger partial charge in [0.1, 0.15) is 11.5 Å². The van der Waals surface area contributed by atoms with Crippen LogP contribution in [-0.4, -0.2) is 47.8 Å². The summed E-state index contributed by atoms with van der Waals surface area (Å²) in [6.45, 7) is 5.28. The molecule has 2 heterocycles. The molecule has 0 radical (unpaired) electrons. The summed E-state index contributed by atoms with van der Waals surface area (Å²) in [6, 6.07) is 16.9. The van der Waals surface area contributed by atoms with Crippen molar-refractivity contribution in [3.05, 3.63) is 60.2 Å². The van der Waals surface area contributed by atoms with Crippen molar-refractivity contribution in [2.24, 2.45) is 11.8 Å². The topological polar surface area (TPSA) is 49.9 Å². The summed E-state index contributed by atoms with van der Waals surface area (Å²) in [4.78, 5) is 29.7. The van der Waals surface area contributed by atoms with Crippen LogP contribution in [0.15, 0.2) is 54.6 Å². The number of amides is 2. The smallest absolute Gasteiger partial charge is 0.253 e. The maximum atomic E-state index is 13.0. The van der Waals surface area contributed by atoms with E-state index < -0.39 is 0 Å². The van der Waals surface area contributed by atoms with Crippen LogP contribution < -0.4 is 4.74 Å². The van der Waals surface area contributed by atoms with Crippen LogP contribution in [-0.2, 0) is 4.79 Å². The van der Waals surface area contributed by atoms with Gasteiger partial charge in [0.2, 0.25) is 5.91 Å². The minimum absolute atomic E-state index is 0.00575. The van der Waals surface area contributed by atoms with Crippen molar-refractivity contribution in [3.63, 3.8) is 0 Å². The molecule has 0 spiro atoms. The Morgan fingerprint density at radius 1 is 0.800 bits per heavy atom. The molecule has 2 fully saturated rings. The van der Waals surface area contributed by atoms with Gasteiger partial charge in [-0.3, -0.25) is 9.59 Å². The number of benzene rings is 2. The first-order valence-electron chi connectivity index (χ1n) is 11.0. The largest absolute Gasteiger partial charge is 0.457 e. The standard InChI is InChI=1S/C25H30N2O3/c1-19-10-14-26(15-11-19)24(28)20-12-16-27(17-13-20)25(29)21-6-5-9-23(18-21)30-22-7-3-2-4-8-22/h2-9,18-20H,10-17H2,1H3. The lowest BCUT2D eigenvalue weighted by molar-refractivity contribution is -0.138. The Kier molecular flexibility index (Phi) is 6.36. The zero-order chi connectivity index (χ0) is 20.9. The van der Waals surface area contributed by atoms with Crippen molar-refractivity contribution in [2.45, 2.75) is 32.6 Å². The molecule has 158 valence electrons. The number of hydrogen-bond acceptors (Lipinski definition) is 3. The molecule has 2 aromatic rings. The highest BCUT2D eigenvalue weighted by molar-refractivity contribution is 5.94. The van der Waals surface area contributed by atoms with Gasteiger partial charge >= 0.3 is 0 Å². The highest BCUT2D eigenvalue weighted by Crippen LogP contribution is 2.26. The first-order chi connectivity index (χ1) is 14.6. The molecule has 5 heteroatoms. The van der Waals surface area contributed by atoms with Crippen LogP contribution in [0.5, 0.6) is 11.5 Å². The van der Waals surface area contributed by atoms with E-state index in [1.165, 1.54) is 0 Å². The Labute approximate surface area is 178 Å². The number of hydrogen-bond donors (Lipinski definition) is 0. The summed E-state index contributed by atoms with van der Waals surface area (Å²) in [6.07, 6.45) is 3.70. The predicted molar refractivity (Wildman–Crippen MR) is 117 cm³/mol. The fourth-order valence-electron chi connectivity index (χ4n) is 4.32. The van der Waals surface area contributed by atoms with E-state index >= 15 is 0 Å². The second kappa shape index (κ2) is 9.33. The van der Waals surface area contributed by atoms with Gasteiger partial charge in [-0.15, -0.1) is 0 Å². The lowest BCUT2D eigenvalue weighted by Gasteiger charge is -2.36.